The lowest BCUT2D eigenvalue weighted by Gasteiger charge is -2.18. The van der Waals surface area contributed by atoms with Crippen LogP contribution in [0.2, 0.25) is 5.02 Å². The minimum atomic E-state index is 0.188. The van der Waals surface area contributed by atoms with Crippen LogP contribution in [0.15, 0.2) is 89.9 Å². The van der Waals surface area contributed by atoms with E-state index in [-0.39, 0.29) is 6.04 Å². The first-order valence-electron chi connectivity index (χ1n) is 8.70. The number of hydrogen-bond donors (Lipinski definition) is 1. The first-order chi connectivity index (χ1) is 12.8. The van der Waals surface area contributed by atoms with E-state index in [9.17, 15) is 0 Å². The number of aliphatic imine (C=N–C) groups is 1. The standard InChI is InChI=1S/C23H19ClN2/c24-19-13-10-17(11-14-19)12-15-20-16-23(18-6-2-1-3-7-18)26-22-9-5-4-8-21(22)25-20/h1-15,23,26H,16H2. The van der Waals surface area contributed by atoms with Gasteiger partial charge in [-0.2, -0.15) is 0 Å². The summed E-state index contributed by atoms with van der Waals surface area (Å²) in [5.41, 5.74) is 5.46. The Kier molecular flexibility index (Phi) is 4.85. The molecule has 3 aromatic rings. The summed E-state index contributed by atoms with van der Waals surface area (Å²) in [6.07, 6.45) is 5.01. The Morgan fingerprint density at radius 1 is 0.846 bits per heavy atom. The second-order valence-electron chi connectivity index (χ2n) is 6.32. The van der Waals surface area contributed by atoms with Gasteiger partial charge in [-0.15, -0.1) is 0 Å². The molecule has 1 heterocycles. The van der Waals surface area contributed by atoms with Gasteiger partial charge < -0.3 is 5.32 Å². The number of anilines is 1. The SMILES string of the molecule is Clc1ccc(C=CC2=Nc3ccccc3NC(c3ccccc3)C2)cc1. The van der Waals surface area contributed by atoms with Gasteiger partial charge >= 0.3 is 0 Å². The van der Waals surface area contributed by atoms with Crippen LogP contribution in [0.1, 0.15) is 23.6 Å². The molecule has 0 saturated heterocycles. The van der Waals surface area contributed by atoms with Crippen LogP contribution in [0.5, 0.6) is 0 Å². The van der Waals surface area contributed by atoms with E-state index in [1.807, 2.05) is 48.5 Å². The Hall–Kier alpha value is -2.84. The van der Waals surface area contributed by atoms with Gasteiger partial charge in [0.2, 0.25) is 0 Å². The summed E-state index contributed by atoms with van der Waals surface area (Å²) >= 11 is 5.97. The molecule has 1 atom stereocenters. The third-order valence-electron chi connectivity index (χ3n) is 4.45. The van der Waals surface area contributed by atoms with Crippen molar-refractivity contribution < 1.29 is 0 Å². The number of para-hydroxylation sites is 2. The molecule has 0 amide bonds. The fraction of sp³-hybridized carbons (Fsp3) is 0.0870. The van der Waals surface area contributed by atoms with Crippen LogP contribution >= 0.6 is 11.6 Å². The Labute approximate surface area is 158 Å². The number of fused-ring (bicyclic) bond motifs is 1. The fourth-order valence-electron chi connectivity index (χ4n) is 3.10. The topological polar surface area (TPSA) is 24.4 Å². The highest BCUT2D eigenvalue weighted by Gasteiger charge is 2.18. The number of nitrogens with one attached hydrogen (secondary N) is 1. The molecule has 0 spiro atoms. The monoisotopic (exact) mass is 358 g/mol. The molecule has 0 aromatic heterocycles. The van der Waals surface area contributed by atoms with Crippen molar-refractivity contribution in [3.8, 4) is 0 Å². The van der Waals surface area contributed by atoms with Crippen LogP contribution < -0.4 is 5.32 Å². The van der Waals surface area contributed by atoms with E-state index in [0.29, 0.717) is 0 Å². The maximum absolute atomic E-state index is 5.97. The Morgan fingerprint density at radius 3 is 2.38 bits per heavy atom. The molecule has 4 rings (SSSR count). The lowest BCUT2D eigenvalue weighted by molar-refractivity contribution is 0.830. The average Bonchev–Trinajstić information content (AvgIpc) is 2.87. The number of allylic oxidation sites excluding steroid dienone is 1. The summed E-state index contributed by atoms with van der Waals surface area (Å²) in [4.78, 5) is 4.89. The van der Waals surface area contributed by atoms with Crippen molar-refractivity contribution >= 4 is 34.8 Å². The normalized spacial score (nSPS) is 16.5. The number of hydrogen-bond acceptors (Lipinski definition) is 2. The molecule has 1 aliphatic heterocycles. The smallest absolute Gasteiger partial charge is 0.0864 e. The third-order valence-corrected chi connectivity index (χ3v) is 4.70. The van der Waals surface area contributed by atoms with Crippen LogP contribution in [-0.2, 0) is 0 Å². The second kappa shape index (κ2) is 7.59. The summed E-state index contributed by atoms with van der Waals surface area (Å²) in [6.45, 7) is 0. The van der Waals surface area contributed by atoms with Crippen molar-refractivity contribution in [1.82, 2.24) is 0 Å². The summed E-state index contributed by atoms with van der Waals surface area (Å²) in [5.74, 6) is 0. The lowest BCUT2D eigenvalue weighted by atomic mass is 10.0. The van der Waals surface area contributed by atoms with Gasteiger partial charge in [0.15, 0.2) is 0 Å². The number of nitrogens with zero attached hydrogens (tertiary/aromatic N) is 1. The number of rotatable bonds is 3. The van der Waals surface area contributed by atoms with E-state index in [4.69, 9.17) is 16.6 Å². The summed E-state index contributed by atoms with van der Waals surface area (Å²) in [6, 6.07) is 26.7. The highest BCUT2D eigenvalue weighted by molar-refractivity contribution is 6.30. The van der Waals surface area contributed by atoms with Crippen molar-refractivity contribution in [2.45, 2.75) is 12.5 Å². The molecular weight excluding hydrogens is 340 g/mol. The van der Waals surface area contributed by atoms with Crippen LogP contribution in [0.25, 0.3) is 6.08 Å². The van der Waals surface area contributed by atoms with Crippen LogP contribution in [-0.4, -0.2) is 5.71 Å². The van der Waals surface area contributed by atoms with Crippen molar-refractivity contribution in [2.75, 3.05) is 5.32 Å². The molecule has 128 valence electrons. The van der Waals surface area contributed by atoms with Gasteiger partial charge in [-0.25, -0.2) is 0 Å². The number of benzene rings is 3. The van der Waals surface area contributed by atoms with Gasteiger partial charge in [-0.05, 0) is 41.5 Å². The summed E-state index contributed by atoms with van der Waals surface area (Å²) in [5, 5.41) is 4.39. The molecule has 3 aromatic carbocycles. The minimum absolute atomic E-state index is 0.188. The van der Waals surface area contributed by atoms with Gasteiger partial charge in [0.25, 0.3) is 0 Å². The average molecular weight is 359 g/mol. The predicted octanol–water partition coefficient (Wildman–Crippen LogP) is 6.68. The maximum atomic E-state index is 5.97. The summed E-state index contributed by atoms with van der Waals surface area (Å²) in [7, 11) is 0. The molecule has 0 fully saturated rings. The number of halogens is 1. The molecule has 0 radical (unpaired) electrons. The van der Waals surface area contributed by atoms with E-state index < -0.39 is 0 Å². The highest BCUT2D eigenvalue weighted by atomic mass is 35.5. The van der Waals surface area contributed by atoms with Crippen molar-refractivity contribution in [3.05, 3.63) is 101 Å². The zero-order valence-electron chi connectivity index (χ0n) is 14.3. The van der Waals surface area contributed by atoms with Crippen molar-refractivity contribution in [3.63, 3.8) is 0 Å². The first kappa shape index (κ1) is 16.6. The van der Waals surface area contributed by atoms with E-state index in [1.165, 1.54) is 5.56 Å². The zero-order chi connectivity index (χ0) is 17.8. The quantitative estimate of drug-likeness (QED) is 0.554. The molecule has 0 aliphatic carbocycles. The summed E-state index contributed by atoms with van der Waals surface area (Å²) < 4.78 is 0. The third kappa shape index (κ3) is 3.87. The minimum Gasteiger partial charge on any atom is -0.376 e. The Bertz CT molecular complexity index is 943. The van der Waals surface area contributed by atoms with Gasteiger partial charge in [0.1, 0.15) is 0 Å². The molecule has 26 heavy (non-hydrogen) atoms. The molecule has 1 unspecified atom stereocenters. The predicted molar refractivity (Wildman–Crippen MR) is 111 cm³/mol. The lowest BCUT2D eigenvalue weighted by Crippen LogP contribution is -2.12. The largest absolute Gasteiger partial charge is 0.376 e. The van der Waals surface area contributed by atoms with Crippen molar-refractivity contribution in [2.24, 2.45) is 4.99 Å². The highest BCUT2D eigenvalue weighted by Crippen LogP contribution is 2.34. The zero-order valence-corrected chi connectivity index (χ0v) is 15.0. The molecule has 1 N–H and O–H groups in total. The van der Waals surface area contributed by atoms with Gasteiger partial charge in [0.05, 0.1) is 17.4 Å². The maximum Gasteiger partial charge on any atom is 0.0864 e. The van der Waals surface area contributed by atoms with Gasteiger partial charge in [-0.3, -0.25) is 4.99 Å². The molecule has 3 heteroatoms. The first-order valence-corrected chi connectivity index (χ1v) is 9.07. The van der Waals surface area contributed by atoms with E-state index in [0.717, 1.165) is 34.1 Å². The van der Waals surface area contributed by atoms with E-state index >= 15 is 0 Å². The van der Waals surface area contributed by atoms with Gasteiger partial charge in [0, 0.05) is 17.2 Å². The fourth-order valence-corrected chi connectivity index (χ4v) is 3.23. The van der Waals surface area contributed by atoms with E-state index in [2.05, 4.69) is 47.8 Å². The molecule has 0 saturated carbocycles. The Balaban J connectivity index is 1.67. The molecule has 1 aliphatic rings. The van der Waals surface area contributed by atoms with Crippen molar-refractivity contribution in [1.29, 1.82) is 0 Å². The Morgan fingerprint density at radius 2 is 1.58 bits per heavy atom. The van der Waals surface area contributed by atoms with E-state index in [1.54, 1.807) is 0 Å². The van der Waals surface area contributed by atoms with Crippen LogP contribution in [0.4, 0.5) is 11.4 Å². The van der Waals surface area contributed by atoms with Crippen LogP contribution in [0.3, 0.4) is 0 Å². The van der Waals surface area contributed by atoms with Crippen LogP contribution in [0, 0.1) is 0 Å². The second-order valence-corrected chi connectivity index (χ2v) is 6.75. The van der Waals surface area contributed by atoms with Gasteiger partial charge in [-0.1, -0.05) is 72.3 Å². The molecular formula is C23H19ClN2. The molecule has 0 bridgehead atoms. The molecule has 2 nitrogen and oxygen atoms in total.